The number of anilines is 1. The van der Waals surface area contributed by atoms with Crippen molar-refractivity contribution in [3.8, 4) is 6.19 Å². The SMILES string of the molecule is N#CN=C=NNc1cccc(Cl)c1. The maximum atomic E-state index is 8.02. The van der Waals surface area contributed by atoms with E-state index in [-0.39, 0.29) is 0 Å². The molecule has 0 fully saturated rings. The van der Waals surface area contributed by atoms with Gasteiger partial charge in [-0.1, -0.05) is 17.7 Å². The first kappa shape index (κ1) is 9.27. The number of nitriles is 1. The maximum absolute atomic E-state index is 8.02. The highest BCUT2D eigenvalue weighted by Gasteiger charge is 1.89. The van der Waals surface area contributed by atoms with Crippen molar-refractivity contribution < 1.29 is 0 Å². The van der Waals surface area contributed by atoms with E-state index in [0.717, 1.165) is 0 Å². The Balaban J connectivity index is 2.66. The van der Waals surface area contributed by atoms with Crippen molar-refractivity contribution in [2.24, 2.45) is 10.1 Å². The van der Waals surface area contributed by atoms with Crippen molar-refractivity contribution in [1.82, 2.24) is 0 Å². The third-order valence-corrected chi connectivity index (χ3v) is 1.39. The summed E-state index contributed by atoms with van der Waals surface area (Å²) in [6, 6.07) is 9.14. The highest BCUT2D eigenvalue weighted by molar-refractivity contribution is 6.30. The summed E-state index contributed by atoms with van der Waals surface area (Å²) in [4.78, 5) is 3.10. The van der Waals surface area contributed by atoms with Crippen LogP contribution in [0.15, 0.2) is 34.4 Å². The Hall–Kier alpha value is -1.82. The molecule has 13 heavy (non-hydrogen) atoms. The lowest BCUT2D eigenvalue weighted by atomic mass is 10.3. The minimum atomic E-state index is 0.609. The second-order valence-electron chi connectivity index (χ2n) is 2.05. The van der Waals surface area contributed by atoms with E-state index < -0.39 is 0 Å². The smallest absolute Gasteiger partial charge is 0.216 e. The molecule has 1 N–H and O–H groups in total. The zero-order valence-electron chi connectivity index (χ0n) is 6.53. The van der Waals surface area contributed by atoms with Crippen LogP contribution in [-0.4, -0.2) is 6.01 Å². The number of hydrogen-bond acceptors (Lipinski definition) is 4. The van der Waals surface area contributed by atoms with E-state index in [1.165, 1.54) is 6.19 Å². The van der Waals surface area contributed by atoms with Gasteiger partial charge >= 0.3 is 0 Å². The van der Waals surface area contributed by atoms with Gasteiger partial charge in [0.2, 0.25) is 6.19 Å². The number of halogens is 1. The highest BCUT2D eigenvalue weighted by atomic mass is 35.5. The summed E-state index contributed by atoms with van der Waals surface area (Å²) in [5.41, 5.74) is 3.32. The highest BCUT2D eigenvalue weighted by Crippen LogP contribution is 2.14. The maximum Gasteiger partial charge on any atom is 0.216 e. The van der Waals surface area contributed by atoms with E-state index in [0.29, 0.717) is 10.7 Å². The first-order chi connectivity index (χ1) is 6.33. The summed E-state index contributed by atoms with van der Waals surface area (Å²) in [6.07, 6.45) is 1.52. The monoisotopic (exact) mass is 192 g/mol. The summed E-state index contributed by atoms with van der Waals surface area (Å²) in [7, 11) is 0. The number of rotatable bonds is 2. The Bertz CT molecular complexity index is 387. The quantitative estimate of drug-likeness (QED) is 0.444. The molecule has 1 aromatic carbocycles. The molecule has 1 aromatic rings. The van der Waals surface area contributed by atoms with Gasteiger partial charge in [0.05, 0.1) is 5.69 Å². The first-order valence-corrected chi connectivity index (χ1v) is 3.76. The van der Waals surface area contributed by atoms with Crippen LogP contribution in [-0.2, 0) is 0 Å². The van der Waals surface area contributed by atoms with E-state index in [2.05, 4.69) is 21.5 Å². The zero-order valence-corrected chi connectivity index (χ0v) is 7.28. The van der Waals surface area contributed by atoms with Gasteiger partial charge in [0.1, 0.15) is 6.01 Å². The molecule has 0 atom stereocenters. The fourth-order valence-electron chi connectivity index (χ4n) is 0.695. The number of hydrogen-bond donors (Lipinski definition) is 1. The van der Waals surface area contributed by atoms with Crippen LogP contribution >= 0.6 is 11.6 Å². The van der Waals surface area contributed by atoms with Gasteiger partial charge in [0.25, 0.3) is 0 Å². The molecule has 0 aliphatic heterocycles. The average molecular weight is 193 g/mol. The van der Waals surface area contributed by atoms with Gasteiger partial charge in [0, 0.05) is 5.02 Å². The molecular formula is C8H5ClN4. The van der Waals surface area contributed by atoms with Crippen molar-refractivity contribution in [2.45, 2.75) is 0 Å². The molecule has 64 valence electrons. The largest absolute Gasteiger partial charge is 0.269 e. The van der Waals surface area contributed by atoms with Gasteiger partial charge in [-0.25, -0.2) is 0 Å². The normalized spacial score (nSPS) is 8.00. The van der Waals surface area contributed by atoms with Gasteiger partial charge in [-0.05, 0) is 18.2 Å². The molecule has 0 unspecified atom stereocenters. The number of nitrogens with one attached hydrogen (secondary N) is 1. The molecule has 5 heteroatoms. The number of benzene rings is 1. The van der Waals surface area contributed by atoms with E-state index in [9.17, 15) is 0 Å². The third kappa shape index (κ3) is 3.39. The summed E-state index contributed by atoms with van der Waals surface area (Å²) in [5.74, 6) is 0. The van der Waals surface area contributed by atoms with Crippen LogP contribution in [0.5, 0.6) is 0 Å². The van der Waals surface area contributed by atoms with Gasteiger partial charge < -0.3 is 0 Å². The zero-order chi connectivity index (χ0) is 9.52. The topological polar surface area (TPSA) is 60.5 Å². The molecule has 0 aromatic heterocycles. The van der Waals surface area contributed by atoms with Crippen LogP contribution in [0.2, 0.25) is 5.02 Å². The Morgan fingerprint density at radius 1 is 1.46 bits per heavy atom. The van der Waals surface area contributed by atoms with Crippen molar-refractivity contribution in [1.29, 1.82) is 5.26 Å². The molecule has 0 saturated heterocycles. The number of hydrazone groups is 1. The van der Waals surface area contributed by atoms with Crippen LogP contribution < -0.4 is 5.43 Å². The van der Waals surface area contributed by atoms with Gasteiger partial charge in [-0.15, -0.1) is 10.1 Å². The van der Waals surface area contributed by atoms with Crippen molar-refractivity contribution in [2.75, 3.05) is 5.43 Å². The van der Waals surface area contributed by atoms with Crippen LogP contribution in [0.1, 0.15) is 0 Å². The summed E-state index contributed by atoms with van der Waals surface area (Å²) >= 11 is 5.71. The Morgan fingerprint density at radius 3 is 3.00 bits per heavy atom. The van der Waals surface area contributed by atoms with E-state index >= 15 is 0 Å². The lowest BCUT2D eigenvalue weighted by molar-refractivity contribution is 1.34. The standard InChI is InChI=1S/C8H5ClN4/c9-7-2-1-3-8(4-7)13-12-6-11-5-10/h1-4,13H. The van der Waals surface area contributed by atoms with Gasteiger partial charge in [0.15, 0.2) is 0 Å². The van der Waals surface area contributed by atoms with Crippen molar-refractivity contribution in [3.63, 3.8) is 0 Å². The van der Waals surface area contributed by atoms with E-state index in [4.69, 9.17) is 16.9 Å². The van der Waals surface area contributed by atoms with Crippen molar-refractivity contribution >= 4 is 23.3 Å². The second kappa shape index (κ2) is 4.94. The molecule has 0 bridgehead atoms. The Labute approximate surface area is 80.2 Å². The predicted molar refractivity (Wildman–Crippen MR) is 50.6 cm³/mol. The van der Waals surface area contributed by atoms with Gasteiger partial charge in [-0.3, -0.25) is 5.43 Å². The molecule has 0 aliphatic rings. The van der Waals surface area contributed by atoms with Gasteiger partial charge in [-0.2, -0.15) is 5.26 Å². The fourth-order valence-corrected chi connectivity index (χ4v) is 0.885. The molecule has 4 nitrogen and oxygen atoms in total. The average Bonchev–Trinajstić information content (AvgIpc) is 2.13. The molecule has 0 spiro atoms. The molecule has 0 heterocycles. The van der Waals surface area contributed by atoms with Crippen LogP contribution in [0.25, 0.3) is 0 Å². The second-order valence-corrected chi connectivity index (χ2v) is 2.48. The fraction of sp³-hybridized carbons (Fsp3) is 0. The van der Waals surface area contributed by atoms with Crippen LogP contribution in [0.3, 0.4) is 0 Å². The summed E-state index contributed by atoms with van der Waals surface area (Å²) < 4.78 is 0. The predicted octanol–water partition coefficient (Wildman–Crippen LogP) is 2.32. The minimum absolute atomic E-state index is 0.609. The summed E-state index contributed by atoms with van der Waals surface area (Å²) in [5, 5.41) is 12.2. The Kier molecular flexibility index (Phi) is 3.52. The molecule has 1 rings (SSSR count). The first-order valence-electron chi connectivity index (χ1n) is 3.38. The minimum Gasteiger partial charge on any atom is -0.269 e. The van der Waals surface area contributed by atoms with Crippen LogP contribution in [0, 0.1) is 11.5 Å². The molecule has 0 radical (unpaired) electrons. The summed E-state index contributed by atoms with van der Waals surface area (Å²) in [6.45, 7) is 0. The lowest BCUT2D eigenvalue weighted by Crippen LogP contribution is -1.85. The molecular weight excluding hydrogens is 188 g/mol. The molecule has 0 aliphatic carbocycles. The molecule has 0 amide bonds. The third-order valence-electron chi connectivity index (χ3n) is 1.16. The lowest BCUT2D eigenvalue weighted by Gasteiger charge is -1.96. The molecule has 0 saturated carbocycles. The number of nitrogens with zero attached hydrogens (tertiary/aromatic N) is 3. The van der Waals surface area contributed by atoms with E-state index in [1.54, 1.807) is 24.3 Å². The Morgan fingerprint density at radius 2 is 2.31 bits per heavy atom. The van der Waals surface area contributed by atoms with E-state index in [1.807, 2.05) is 0 Å². The van der Waals surface area contributed by atoms with Crippen molar-refractivity contribution in [3.05, 3.63) is 29.3 Å². The number of aliphatic imine (C=N–C) groups is 1. The van der Waals surface area contributed by atoms with Crippen LogP contribution in [0.4, 0.5) is 5.69 Å².